The third-order valence-electron chi connectivity index (χ3n) is 4.16. The molecule has 3 rings (SSSR count). The van der Waals surface area contributed by atoms with Crippen LogP contribution in [-0.2, 0) is 6.42 Å². The van der Waals surface area contributed by atoms with Crippen LogP contribution in [0.15, 0.2) is 22.7 Å². The van der Waals surface area contributed by atoms with Crippen molar-refractivity contribution >= 4 is 15.9 Å². The predicted octanol–water partition coefficient (Wildman–Crippen LogP) is 3.66. The number of benzene rings is 1. The summed E-state index contributed by atoms with van der Waals surface area (Å²) >= 11 is 3.48. The molecule has 1 nitrogen and oxygen atoms in total. The Kier molecular flexibility index (Phi) is 2.99. The smallest absolute Gasteiger partial charge is 0.124 e. The van der Waals surface area contributed by atoms with Gasteiger partial charge in [-0.3, -0.25) is 0 Å². The summed E-state index contributed by atoms with van der Waals surface area (Å²) < 4.78 is 14.0. The largest absolute Gasteiger partial charge is 0.311 e. The maximum Gasteiger partial charge on any atom is 0.124 e. The van der Waals surface area contributed by atoms with Crippen molar-refractivity contribution < 1.29 is 4.39 Å². The summed E-state index contributed by atoms with van der Waals surface area (Å²) in [6.45, 7) is 1.13. The Bertz CT molecular complexity index is 422. The quantitative estimate of drug-likeness (QED) is 0.898. The van der Waals surface area contributed by atoms with Crippen LogP contribution in [0.5, 0.6) is 0 Å². The van der Waals surface area contributed by atoms with Crippen molar-refractivity contribution in [3.8, 4) is 0 Å². The zero-order chi connectivity index (χ0) is 11.9. The average molecular weight is 298 g/mol. The van der Waals surface area contributed by atoms with Gasteiger partial charge in [0.15, 0.2) is 0 Å². The van der Waals surface area contributed by atoms with E-state index in [1.54, 1.807) is 12.1 Å². The van der Waals surface area contributed by atoms with Crippen LogP contribution in [0, 0.1) is 11.7 Å². The molecule has 0 bridgehead atoms. The van der Waals surface area contributed by atoms with Crippen molar-refractivity contribution in [3.63, 3.8) is 0 Å². The number of rotatable bonds is 3. The van der Waals surface area contributed by atoms with Gasteiger partial charge in [-0.05, 0) is 62.3 Å². The summed E-state index contributed by atoms with van der Waals surface area (Å²) in [6, 6.07) is 5.06. The highest BCUT2D eigenvalue weighted by atomic mass is 79.9. The first-order valence-electron chi connectivity index (χ1n) is 6.39. The molecule has 0 spiro atoms. The molecule has 1 saturated heterocycles. The second kappa shape index (κ2) is 4.36. The molecule has 3 heteroatoms. The SMILES string of the molecule is Fc1ccc(CC2(C3CC3)CCCN2)c(Br)c1. The third-order valence-corrected chi connectivity index (χ3v) is 4.89. The van der Waals surface area contributed by atoms with E-state index >= 15 is 0 Å². The molecule has 1 aromatic rings. The molecule has 2 aliphatic rings. The van der Waals surface area contributed by atoms with Crippen molar-refractivity contribution in [2.24, 2.45) is 5.92 Å². The lowest BCUT2D eigenvalue weighted by atomic mass is 9.84. The van der Waals surface area contributed by atoms with Crippen LogP contribution in [0.1, 0.15) is 31.2 Å². The molecule has 1 atom stereocenters. The standard InChI is InChI=1S/C14H17BrFN/c15-13-8-12(16)5-2-10(13)9-14(11-3-4-11)6-1-7-17-14/h2,5,8,11,17H,1,3-4,6-7,9H2. The van der Waals surface area contributed by atoms with Gasteiger partial charge in [0, 0.05) is 10.0 Å². The molecule has 1 aliphatic heterocycles. The van der Waals surface area contributed by atoms with Crippen molar-refractivity contribution in [2.45, 2.75) is 37.6 Å². The highest BCUT2D eigenvalue weighted by molar-refractivity contribution is 9.10. The first-order chi connectivity index (χ1) is 8.20. The van der Waals surface area contributed by atoms with E-state index in [0.717, 1.165) is 23.4 Å². The molecule has 1 aromatic carbocycles. The van der Waals surface area contributed by atoms with Crippen LogP contribution >= 0.6 is 15.9 Å². The molecule has 1 N–H and O–H groups in total. The topological polar surface area (TPSA) is 12.0 Å². The molecule has 0 radical (unpaired) electrons. The molecule has 0 aromatic heterocycles. The van der Waals surface area contributed by atoms with E-state index in [0.29, 0.717) is 5.54 Å². The van der Waals surface area contributed by atoms with Crippen molar-refractivity contribution in [1.82, 2.24) is 5.32 Å². The Balaban J connectivity index is 1.84. The lowest BCUT2D eigenvalue weighted by Crippen LogP contribution is -2.44. The molecule has 2 fully saturated rings. The maximum absolute atomic E-state index is 13.1. The fourth-order valence-corrected chi connectivity index (χ4v) is 3.61. The Labute approximate surface area is 110 Å². The molecular formula is C14H17BrFN. The molecule has 92 valence electrons. The molecular weight excluding hydrogens is 281 g/mol. The molecule has 1 aliphatic carbocycles. The molecule has 1 heterocycles. The van der Waals surface area contributed by atoms with Gasteiger partial charge in [0.2, 0.25) is 0 Å². The van der Waals surface area contributed by atoms with Gasteiger partial charge in [-0.15, -0.1) is 0 Å². The summed E-state index contributed by atoms with van der Waals surface area (Å²) in [7, 11) is 0. The van der Waals surface area contributed by atoms with Crippen LogP contribution in [0.3, 0.4) is 0 Å². The highest BCUT2D eigenvalue weighted by Crippen LogP contribution is 2.46. The van der Waals surface area contributed by atoms with Gasteiger partial charge < -0.3 is 5.32 Å². The summed E-state index contributed by atoms with van der Waals surface area (Å²) in [5.41, 5.74) is 1.52. The van der Waals surface area contributed by atoms with Crippen LogP contribution in [0.2, 0.25) is 0 Å². The van der Waals surface area contributed by atoms with Gasteiger partial charge in [-0.2, -0.15) is 0 Å². The second-order valence-corrected chi connectivity index (χ2v) is 6.23. The van der Waals surface area contributed by atoms with Gasteiger partial charge >= 0.3 is 0 Å². The normalized spacial score (nSPS) is 28.6. The first-order valence-corrected chi connectivity index (χ1v) is 7.18. The summed E-state index contributed by atoms with van der Waals surface area (Å²) in [5, 5.41) is 3.71. The van der Waals surface area contributed by atoms with E-state index in [4.69, 9.17) is 0 Å². The average Bonchev–Trinajstić information content (AvgIpc) is 3.05. The van der Waals surface area contributed by atoms with Gasteiger partial charge in [0.25, 0.3) is 0 Å². The minimum atomic E-state index is -0.166. The Morgan fingerprint density at radius 2 is 2.24 bits per heavy atom. The van der Waals surface area contributed by atoms with Crippen molar-refractivity contribution in [3.05, 3.63) is 34.1 Å². The second-order valence-electron chi connectivity index (χ2n) is 5.37. The van der Waals surface area contributed by atoms with E-state index in [1.165, 1.54) is 31.2 Å². The lowest BCUT2D eigenvalue weighted by molar-refractivity contribution is 0.323. The Morgan fingerprint density at radius 1 is 1.41 bits per heavy atom. The fourth-order valence-electron chi connectivity index (χ4n) is 3.11. The van der Waals surface area contributed by atoms with Gasteiger partial charge in [0.1, 0.15) is 5.82 Å². The van der Waals surface area contributed by atoms with E-state index in [-0.39, 0.29) is 5.82 Å². The fraction of sp³-hybridized carbons (Fsp3) is 0.571. The zero-order valence-corrected chi connectivity index (χ0v) is 11.4. The molecule has 0 amide bonds. The number of hydrogen-bond acceptors (Lipinski definition) is 1. The van der Waals surface area contributed by atoms with Gasteiger partial charge in [0.05, 0.1) is 0 Å². The van der Waals surface area contributed by atoms with Crippen LogP contribution in [0.4, 0.5) is 4.39 Å². The first kappa shape index (κ1) is 11.7. The summed E-state index contributed by atoms with van der Waals surface area (Å²) in [4.78, 5) is 0. The number of hydrogen-bond donors (Lipinski definition) is 1. The summed E-state index contributed by atoms with van der Waals surface area (Å²) in [6.07, 6.45) is 6.27. The Morgan fingerprint density at radius 3 is 2.82 bits per heavy atom. The van der Waals surface area contributed by atoms with Crippen LogP contribution < -0.4 is 5.32 Å². The zero-order valence-electron chi connectivity index (χ0n) is 9.81. The van der Waals surface area contributed by atoms with Crippen LogP contribution in [0.25, 0.3) is 0 Å². The Hall–Kier alpha value is -0.410. The number of halogens is 2. The maximum atomic E-state index is 13.1. The molecule has 1 unspecified atom stereocenters. The molecule has 17 heavy (non-hydrogen) atoms. The lowest BCUT2D eigenvalue weighted by Gasteiger charge is -2.30. The number of nitrogens with one attached hydrogen (secondary N) is 1. The van der Waals surface area contributed by atoms with E-state index in [1.807, 2.05) is 6.07 Å². The summed E-state index contributed by atoms with van der Waals surface area (Å²) in [5.74, 6) is 0.669. The monoisotopic (exact) mass is 297 g/mol. The predicted molar refractivity (Wildman–Crippen MR) is 70.5 cm³/mol. The third kappa shape index (κ3) is 2.27. The van der Waals surface area contributed by atoms with E-state index in [2.05, 4.69) is 21.2 Å². The van der Waals surface area contributed by atoms with Gasteiger partial charge in [-0.25, -0.2) is 4.39 Å². The highest BCUT2D eigenvalue weighted by Gasteiger charge is 2.46. The van der Waals surface area contributed by atoms with Gasteiger partial charge in [-0.1, -0.05) is 22.0 Å². The van der Waals surface area contributed by atoms with Crippen molar-refractivity contribution in [2.75, 3.05) is 6.54 Å². The van der Waals surface area contributed by atoms with Crippen molar-refractivity contribution in [1.29, 1.82) is 0 Å². The van der Waals surface area contributed by atoms with E-state index in [9.17, 15) is 4.39 Å². The molecule has 1 saturated carbocycles. The minimum Gasteiger partial charge on any atom is -0.311 e. The minimum absolute atomic E-state index is 0.166. The van der Waals surface area contributed by atoms with Crippen LogP contribution in [-0.4, -0.2) is 12.1 Å². The van der Waals surface area contributed by atoms with E-state index < -0.39 is 0 Å².